The first kappa shape index (κ1) is 23.0. The third-order valence-corrected chi connectivity index (χ3v) is 6.77. The van der Waals surface area contributed by atoms with Crippen molar-refractivity contribution in [3.05, 3.63) is 63.4 Å². The lowest BCUT2D eigenvalue weighted by Crippen LogP contribution is -2.31. The number of halogens is 1. The van der Waals surface area contributed by atoms with Crippen LogP contribution in [0, 0.1) is 0 Å². The second kappa shape index (κ2) is 9.54. The quantitative estimate of drug-likeness (QED) is 0.262. The standard InChI is InChI=1S/C23H20BrN9O4/c24-15-9-19-18(35-12-36-19)8-14(15)10-26-28-23(34)20-17(33(31-27-20)22-21(25)29-37-30-22)11-32-7-3-5-13-4-1-2-6-16(13)32/h1-2,4,6,8-10H,3,5,7,11-12H2,(H2,25,29)(H,28,34)/b26-10-. The molecule has 3 N–H and O–H groups in total. The van der Waals surface area contributed by atoms with Crippen molar-refractivity contribution in [1.82, 2.24) is 30.7 Å². The highest BCUT2D eigenvalue weighted by molar-refractivity contribution is 9.10. The first-order valence-corrected chi connectivity index (χ1v) is 12.2. The van der Waals surface area contributed by atoms with Crippen molar-refractivity contribution < 1.29 is 18.9 Å². The van der Waals surface area contributed by atoms with Crippen LogP contribution < -0.4 is 25.5 Å². The highest BCUT2D eigenvalue weighted by Crippen LogP contribution is 2.36. The number of carbonyl (C=O) groups excluding carboxylic acids is 1. The molecule has 0 atom stereocenters. The Hall–Kier alpha value is -4.46. The number of fused-ring (bicyclic) bond motifs is 2. The number of hydrogen-bond acceptors (Lipinski definition) is 11. The summed E-state index contributed by atoms with van der Waals surface area (Å²) in [7, 11) is 0. The van der Waals surface area contributed by atoms with Crippen molar-refractivity contribution >= 4 is 39.6 Å². The zero-order chi connectivity index (χ0) is 25.4. The zero-order valence-corrected chi connectivity index (χ0v) is 20.9. The molecule has 4 aromatic rings. The van der Waals surface area contributed by atoms with E-state index in [4.69, 9.17) is 19.8 Å². The molecule has 0 unspecified atom stereocenters. The van der Waals surface area contributed by atoms with Gasteiger partial charge in [-0.05, 0) is 62.8 Å². The number of carbonyl (C=O) groups is 1. The summed E-state index contributed by atoms with van der Waals surface area (Å²) in [6.07, 6.45) is 3.46. The van der Waals surface area contributed by atoms with Crippen LogP contribution in [0.5, 0.6) is 11.5 Å². The van der Waals surface area contributed by atoms with Crippen LogP contribution in [0.4, 0.5) is 11.5 Å². The van der Waals surface area contributed by atoms with Gasteiger partial charge >= 0.3 is 0 Å². The molecule has 0 radical (unpaired) electrons. The van der Waals surface area contributed by atoms with E-state index in [2.05, 4.69) is 64.1 Å². The molecule has 0 bridgehead atoms. The molecular weight excluding hydrogens is 546 g/mol. The SMILES string of the molecule is Nc1nonc1-n1nnc(C(=O)N/N=C\c2cc3c(cc2Br)OCO3)c1CN1CCCc2ccccc21. The molecule has 6 rings (SSSR count). The van der Waals surface area contributed by atoms with Gasteiger partial charge in [0.2, 0.25) is 18.4 Å². The van der Waals surface area contributed by atoms with Crippen molar-refractivity contribution in [2.24, 2.45) is 5.10 Å². The highest BCUT2D eigenvalue weighted by atomic mass is 79.9. The Morgan fingerprint density at radius 2 is 2.05 bits per heavy atom. The number of rotatable bonds is 6. The fourth-order valence-corrected chi connectivity index (χ4v) is 4.75. The number of hydrazone groups is 1. The maximum atomic E-state index is 13.2. The van der Waals surface area contributed by atoms with Gasteiger partial charge in [-0.25, -0.2) is 10.1 Å². The van der Waals surface area contributed by atoms with Crippen LogP contribution in [-0.4, -0.2) is 50.8 Å². The number of nitrogen functional groups attached to an aromatic ring is 1. The number of aromatic nitrogens is 5. The predicted octanol–water partition coefficient (Wildman–Crippen LogP) is 2.44. The number of benzene rings is 2. The molecule has 13 nitrogen and oxygen atoms in total. The molecule has 188 valence electrons. The Morgan fingerprint density at radius 1 is 1.22 bits per heavy atom. The summed E-state index contributed by atoms with van der Waals surface area (Å²) in [6, 6.07) is 11.7. The number of amides is 1. The average Bonchev–Trinajstić information content (AvgIpc) is 3.64. The van der Waals surface area contributed by atoms with Crippen LogP contribution in [0.25, 0.3) is 5.82 Å². The van der Waals surface area contributed by atoms with Gasteiger partial charge < -0.3 is 20.1 Å². The van der Waals surface area contributed by atoms with Crippen molar-refractivity contribution in [2.75, 3.05) is 24.0 Å². The molecular formula is C23H20BrN9O4. The van der Waals surface area contributed by atoms with Crippen LogP contribution in [0.3, 0.4) is 0 Å². The smallest absolute Gasteiger partial charge is 0.293 e. The normalized spacial score (nSPS) is 14.2. The number of anilines is 2. The molecule has 2 aromatic carbocycles. The van der Waals surface area contributed by atoms with E-state index in [0.717, 1.165) is 29.5 Å². The average molecular weight is 566 g/mol. The predicted molar refractivity (Wildman–Crippen MR) is 135 cm³/mol. The highest BCUT2D eigenvalue weighted by Gasteiger charge is 2.27. The topological polar surface area (TPSA) is 159 Å². The molecule has 0 saturated carbocycles. The van der Waals surface area contributed by atoms with Gasteiger partial charge in [-0.2, -0.15) is 9.78 Å². The van der Waals surface area contributed by atoms with Crippen LogP contribution >= 0.6 is 15.9 Å². The number of ether oxygens (including phenoxy) is 2. The summed E-state index contributed by atoms with van der Waals surface area (Å²) >= 11 is 3.47. The molecule has 4 heterocycles. The maximum Gasteiger partial charge on any atom is 0.293 e. The monoisotopic (exact) mass is 565 g/mol. The molecule has 14 heteroatoms. The molecule has 0 fully saturated rings. The lowest BCUT2D eigenvalue weighted by molar-refractivity contribution is 0.0949. The van der Waals surface area contributed by atoms with Crippen molar-refractivity contribution in [3.63, 3.8) is 0 Å². The molecule has 2 aliphatic heterocycles. The molecule has 0 saturated heterocycles. The van der Waals surface area contributed by atoms with Crippen LogP contribution in [0.2, 0.25) is 0 Å². The fraction of sp³-hybridized carbons (Fsp3) is 0.217. The van der Waals surface area contributed by atoms with Gasteiger partial charge in [-0.15, -0.1) is 5.10 Å². The van der Waals surface area contributed by atoms with E-state index in [-0.39, 0.29) is 24.1 Å². The van der Waals surface area contributed by atoms with Gasteiger partial charge in [0.05, 0.1) is 18.5 Å². The number of nitrogens with two attached hydrogens (primary N) is 1. The van der Waals surface area contributed by atoms with E-state index in [1.165, 1.54) is 16.5 Å². The van der Waals surface area contributed by atoms with Crippen LogP contribution in [0.15, 0.2) is 50.6 Å². The number of para-hydroxylation sites is 1. The van der Waals surface area contributed by atoms with Crippen LogP contribution in [-0.2, 0) is 13.0 Å². The maximum absolute atomic E-state index is 13.2. The Balaban J connectivity index is 1.29. The molecule has 0 spiro atoms. The Morgan fingerprint density at radius 3 is 2.89 bits per heavy atom. The summed E-state index contributed by atoms with van der Waals surface area (Å²) in [5.74, 6) is 0.870. The minimum Gasteiger partial charge on any atom is -0.454 e. The van der Waals surface area contributed by atoms with Crippen molar-refractivity contribution in [1.29, 1.82) is 0 Å². The summed E-state index contributed by atoms with van der Waals surface area (Å²) < 4.78 is 17.6. The minimum absolute atomic E-state index is 0.0304. The molecule has 2 aromatic heterocycles. The van der Waals surface area contributed by atoms with E-state index in [1.54, 1.807) is 12.1 Å². The second-order valence-corrected chi connectivity index (χ2v) is 9.20. The molecule has 0 aliphatic carbocycles. The van der Waals surface area contributed by atoms with Gasteiger partial charge in [-0.3, -0.25) is 4.79 Å². The Labute approximate surface area is 218 Å². The third-order valence-electron chi connectivity index (χ3n) is 6.08. The first-order chi connectivity index (χ1) is 18.1. The lowest BCUT2D eigenvalue weighted by Gasteiger charge is -2.31. The lowest BCUT2D eigenvalue weighted by atomic mass is 10.0. The van der Waals surface area contributed by atoms with Gasteiger partial charge in [0.25, 0.3) is 5.91 Å². The number of aryl methyl sites for hydroxylation is 1. The third kappa shape index (κ3) is 4.35. The van der Waals surface area contributed by atoms with E-state index in [0.29, 0.717) is 29.3 Å². The van der Waals surface area contributed by atoms with Gasteiger partial charge in [0.1, 0.15) is 0 Å². The second-order valence-electron chi connectivity index (χ2n) is 8.35. The summed E-state index contributed by atoms with van der Waals surface area (Å²) in [6.45, 7) is 1.28. The van der Waals surface area contributed by atoms with Gasteiger partial charge in [-0.1, -0.05) is 23.4 Å². The van der Waals surface area contributed by atoms with Crippen LogP contribution in [0.1, 0.15) is 33.7 Å². The Bertz CT molecular complexity index is 1520. The van der Waals surface area contributed by atoms with E-state index >= 15 is 0 Å². The summed E-state index contributed by atoms with van der Waals surface area (Å²) in [5.41, 5.74) is 12.0. The zero-order valence-electron chi connectivity index (χ0n) is 19.3. The number of nitrogens with zero attached hydrogens (tertiary/aromatic N) is 7. The largest absolute Gasteiger partial charge is 0.454 e. The van der Waals surface area contributed by atoms with Gasteiger partial charge in [0.15, 0.2) is 17.2 Å². The number of hydrogen-bond donors (Lipinski definition) is 2. The Kier molecular flexibility index (Phi) is 5.92. The fourth-order valence-electron chi connectivity index (χ4n) is 4.33. The minimum atomic E-state index is -0.547. The van der Waals surface area contributed by atoms with Gasteiger partial charge in [0, 0.05) is 22.3 Å². The van der Waals surface area contributed by atoms with Crippen molar-refractivity contribution in [3.8, 4) is 17.3 Å². The van der Waals surface area contributed by atoms with E-state index < -0.39 is 5.91 Å². The summed E-state index contributed by atoms with van der Waals surface area (Å²) in [4.78, 5) is 15.3. The number of nitrogens with one attached hydrogen (secondary N) is 1. The first-order valence-electron chi connectivity index (χ1n) is 11.4. The van der Waals surface area contributed by atoms with E-state index in [9.17, 15) is 4.79 Å². The molecule has 37 heavy (non-hydrogen) atoms. The van der Waals surface area contributed by atoms with E-state index in [1.807, 2.05) is 12.1 Å². The van der Waals surface area contributed by atoms with Crippen molar-refractivity contribution in [2.45, 2.75) is 19.4 Å². The molecule has 2 aliphatic rings. The summed E-state index contributed by atoms with van der Waals surface area (Å²) in [5, 5.41) is 19.8. The molecule has 1 amide bonds.